The predicted octanol–water partition coefficient (Wildman–Crippen LogP) is 1.51. The molecule has 1 fully saturated rings. The van der Waals surface area contributed by atoms with Crippen LogP contribution in [0.2, 0.25) is 0 Å². The molecular formula is C19H27N5O. The number of hydrogen-bond acceptors (Lipinski definition) is 4. The van der Waals surface area contributed by atoms with Crippen LogP contribution in [0.1, 0.15) is 43.0 Å². The van der Waals surface area contributed by atoms with E-state index in [4.69, 9.17) is 10.7 Å². The molecule has 1 aliphatic heterocycles. The number of aryl methyl sites for hydroxylation is 1. The summed E-state index contributed by atoms with van der Waals surface area (Å²) in [5.74, 6) is 1.07. The van der Waals surface area contributed by atoms with E-state index in [0.29, 0.717) is 12.4 Å². The summed E-state index contributed by atoms with van der Waals surface area (Å²) in [6, 6.07) is 8.59. The molecule has 2 N–H and O–H groups in total. The zero-order chi connectivity index (χ0) is 18.0. The number of nitrogens with zero attached hydrogens (tertiary/aromatic N) is 4. The Morgan fingerprint density at radius 1 is 1.28 bits per heavy atom. The van der Waals surface area contributed by atoms with Crippen molar-refractivity contribution >= 4 is 5.91 Å². The maximum Gasteiger partial charge on any atom is 0.225 e. The first kappa shape index (κ1) is 17.6. The number of amides is 1. The van der Waals surface area contributed by atoms with E-state index in [-0.39, 0.29) is 11.8 Å². The Morgan fingerprint density at radius 2 is 1.96 bits per heavy atom. The van der Waals surface area contributed by atoms with Crippen molar-refractivity contribution in [2.75, 3.05) is 20.1 Å². The number of likely N-dealkylation sites (N-methyl/N-ethyl adjacent to an activating group) is 1. The fourth-order valence-corrected chi connectivity index (χ4v) is 3.60. The minimum Gasteiger partial charge on any atom is -0.369 e. The lowest BCUT2D eigenvalue weighted by Crippen LogP contribution is -2.30. The van der Waals surface area contributed by atoms with Gasteiger partial charge in [0.15, 0.2) is 5.82 Å². The standard InChI is InChI=1S/C19H27N5O/c1-4-14-5-7-15(8-6-14)12-24-18(19(2)9-10-23(3)13-19)21-17(22-24)11-16(20)25/h5-8H,4,9-13H2,1-3H3,(H2,20,25). The molecule has 0 radical (unpaired) electrons. The minimum absolute atomic E-state index is 0.0546. The molecule has 1 aromatic heterocycles. The largest absolute Gasteiger partial charge is 0.369 e. The molecule has 0 bridgehead atoms. The SMILES string of the molecule is CCc1ccc(Cn2nc(CC(N)=O)nc2C2(C)CCN(C)C2)cc1. The maximum absolute atomic E-state index is 11.3. The summed E-state index contributed by atoms with van der Waals surface area (Å²) in [7, 11) is 2.12. The van der Waals surface area contributed by atoms with Gasteiger partial charge >= 0.3 is 0 Å². The average Bonchev–Trinajstić information content (AvgIpc) is 3.12. The number of benzene rings is 1. The highest BCUT2D eigenvalue weighted by atomic mass is 16.1. The molecule has 134 valence electrons. The quantitative estimate of drug-likeness (QED) is 0.864. The number of likely N-dealkylation sites (tertiary alicyclic amines) is 1. The number of hydrogen-bond donors (Lipinski definition) is 1. The fraction of sp³-hybridized carbons (Fsp3) is 0.526. The van der Waals surface area contributed by atoms with Crippen LogP contribution in [0.4, 0.5) is 0 Å². The van der Waals surface area contributed by atoms with Crippen molar-refractivity contribution in [2.24, 2.45) is 5.73 Å². The molecule has 1 aromatic carbocycles. The molecule has 2 aromatic rings. The molecule has 1 saturated heterocycles. The van der Waals surface area contributed by atoms with E-state index in [1.807, 2.05) is 4.68 Å². The van der Waals surface area contributed by atoms with Gasteiger partial charge < -0.3 is 10.6 Å². The van der Waals surface area contributed by atoms with Crippen LogP contribution in [-0.2, 0) is 29.6 Å². The molecule has 6 nitrogen and oxygen atoms in total. The van der Waals surface area contributed by atoms with E-state index in [2.05, 4.69) is 55.2 Å². The van der Waals surface area contributed by atoms with Crippen LogP contribution in [0, 0.1) is 0 Å². The van der Waals surface area contributed by atoms with Crippen molar-refractivity contribution in [3.8, 4) is 0 Å². The highest BCUT2D eigenvalue weighted by Gasteiger charge is 2.38. The second-order valence-corrected chi connectivity index (χ2v) is 7.37. The second kappa shape index (κ2) is 6.96. The summed E-state index contributed by atoms with van der Waals surface area (Å²) >= 11 is 0. The van der Waals surface area contributed by atoms with Gasteiger partial charge in [0, 0.05) is 12.0 Å². The molecule has 0 spiro atoms. The molecule has 0 aliphatic carbocycles. The summed E-state index contributed by atoms with van der Waals surface area (Å²) in [4.78, 5) is 18.3. The van der Waals surface area contributed by atoms with Crippen molar-refractivity contribution in [1.29, 1.82) is 0 Å². The normalized spacial score (nSPS) is 20.9. The number of nitrogens with two attached hydrogens (primary N) is 1. The van der Waals surface area contributed by atoms with Crippen LogP contribution in [0.15, 0.2) is 24.3 Å². The molecule has 1 unspecified atom stereocenters. The van der Waals surface area contributed by atoms with Gasteiger partial charge in [0.1, 0.15) is 5.82 Å². The van der Waals surface area contributed by atoms with Gasteiger partial charge in [-0.15, -0.1) is 0 Å². The highest BCUT2D eigenvalue weighted by molar-refractivity contribution is 5.75. The Kier molecular flexibility index (Phi) is 4.90. The van der Waals surface area contributed by atoms with E-state index >= 15 is 0 Å². The third kappa shape index (κ3) is 3.90. The van der Waals surface area contributed by atoms with Crippen LogP contribution in [-0.4, -0.2) is 45.7 Å². The average molecular weight is 341 g/mol. The monoisotopic (exact) mass is 341 g/mol. The Hall–Kier alpha value is -2.21. The minimum atomic E-state index is -0.398. The van der Waals surface area contributed by atoms with Crippen LogP contribution < -0.4 is 5.73 Å². The molecule has 1 amide bonds. The van der Waals surface area contributed by atoms with E-state index in [1.54, 1.807) is 0 Å². The van der Waals surface area contributed by atoms with Gasteiger partial charge in [-0.3, -0.25) is 4.79 Å². The second-order valence-electron chi connectivity index (χ2n) is 7.37. The first-order valence-corrected chi connectivity index (χ1v) is 8.88. The summed E-state index contributed by atoms with van der Waals surface area (Å²) in [6.45, 7) is 7.02. The van der Waals surface area contributed by atoms with E-state index in [9.17, 15) is 4.79 Å². The van der Waals surface area contributed by atoms with E-state index in [1.165, 1.54) is 11.1 Å². The van der Waals surface area contributed by atoms with Crippen molar-refractivity contribution in [3.05, 3.63) is 47.0 Å². The molecule has 1 aliphatic rings. The molecule has 25 heavy (non-hydrogen) atoms. The summed E-state index contributed by atoms with van der Waals surface area (Å²) in [6.07, 6.45) is 2.15. The van der Waals surface area contributed by atoms with Gasteiger partial charge in [-0.2, -0.15) is 5.10 Å². The number of aromatic nitrogens is 3. The fourth-order valence-electron chi connectivity index (χ4n) is 3.60. The highest BCUT2D eigenvalue weighted by Crippen LogP contribution is 2.32. The summed E-state index contributed by atoms with van der Waals surface area (Å²) in [5, 5.41) is 4.59. The van der Waals surface area contributed by atoms with Crippen LogP contribution in [0.3, 0.4) is 0 Å². The predicted molar refractivity (Wildman–Crippen MR) is 97.3 cm³/mol. The Balaban J connectivity index is 1.92. The summed E-state index contributed by atoms with van der Waals surface area (Å²) < 4.78 is 1.96. The Morgan fingerprint density at radius 3 is 2.52 bits per heavy atom. The van der Waals surface area contributed by atoms with Crippen molar-refractivity contribution < 1.29 is 4.79 Å². The van der Waals surface area contributed by atoms with Crippen molar-refractivity contribution in [2.45, 2.75) is 45.1 Å². The van der Waals surface area contributed by atoms with Gasteiger partial charge in [0.2, 0.25) is 5.91 Å². The van der Waals surface area contributed by atoms with Crippen molar-refractivity contribution in [1.82, 2.24) is 19.7 Å². The first-order valence-electron chi connectivity index (χ1n) is 8.88. The van der Waals surface area contributed by atoms with Crippen LogP contribution >= 0.6 is 0 Å². The third-order valence-electron chi connectivity index (χ3n) is 5.02. The van der Waals surface area contributed by atoms with Crippen LogP contribution in [0.25, 0.3) is 0 Å². The molecule has 2 heterocycles. The Bertz CT molecular complexity index is 752. The number of carbonyl (C=O) groups excluding carboxylic acids is 1. The lowest BCUT2D eigenvalue weighted by molar-refractivity contribution is -0.117. The smallest absolute Gasteiger partial charge is 0.225 e. The van der Waals surface area contributed by atoms with Gasteiger partial charge in [-0.25, -0.2) is 9.67 Å². The maximum atomic E-state index is 11.3. The van der Waals surface area contributed by atoms with Gasteiger partial charge in [-0.1, -0.05) is 38.1 Å². The van der Waals surface area contributed by atoms with Gasteiger partial charge in [-0.05, 0) is 37.6 Å². The zero-order valence-electron chi connectivity index (χ0n) is 15.3. The molecule has 1 atom stereocenters. The molecule has 3 rings (SSSR count). The lowest BCUT2D eigenvalue weighted by atomic mass is 9.88. The molecular weight excluding hydrogens is 314 g/mol. The first-order chi connectivity index (χ1) is 11.9. The third-order valence-corrected chi connectivity index (χ3v) is 5.02. The van der Waals surface area contributed by atoms with Gasteiger partial charge in [0.25, 0.3) is 0 Å². The zero-order valence-corrected chi connectivity index (χ0v) is 15.3. The molecule has 6 heteroatoms. The lowest BCUT2D eigenvalue weighted by Gasteiger charge is -2.23. The number of rotatable bonds is 6. The van der Waals surface area contributed by atoms with Crippen molar-refractivity contribution in [3.63, 3.8) is 0 Å². The Labute approximate surface area is 149 Å². The van der Waals surface area contributed by atoms with Crippen LogP contribution in [0.5, 0.6) is 0 Å². The van der Waals surface area contributed by atoms with E-state index < -0.39 is 5.91 Å². The van der Waals surface area contributed by atoms with Gasteiger partial charge in [0.05, 0.1) is 13.0 Å². The number of primary amides is 1. The summed E-state index contributed by atoms with van der Waals surface area (Å²) in [5.41, 5.74) is 7.79. The van der Waals surface area contributed by atoms with E-state index in [0.717, 1.165) is 31.8 Å². The topological polar surface area (TPSA) is 77.0 Å². The molecule has 0 saturated carbocycles. The number of carbonyl (C=O) groups is 1.